The number of hydrogen-bond donors (Lipinski definition) is 1. The first kappa shape index (κ1) is 12.9. The lowest BCUT2D eigenvalue weighted by atomic mass is 10.1. The van der Waals surface area contributed by atoms with Crippen molar-refractivity contribution in [2.24, 2.45) is 0 Å². The van der Waals surface area contributed by atoms with Gasteiger partial charge in [-0.1, -0.05) is 0 Å². The van der Waals surface area contributed by atoms with E-state index in [1.165, 1.54) is 7.05 Å². The molecular weight excluding hydrogens is 284 g/mol. The van der Waals surface area contributed by atoms with Crippen molar-refractivity contribution in [3.8, 4) is 0 Å². The molecule has 3 nitrogen and oxygen atoms in total. The summed E-state index contributed by atoms with van der Waals surface area (Å²) in [6.07, 6.45) is 0. The summed E-state index contributed by atoms with van der Waals surface area (Å²) in [5, 5.41) is 2.44. The molecule has 88 valence electrons. The smallest absolute Gasteiger partial charge is 0.343 e. The van der Waals surface area contributed by atoms with Crippen molar-refractivity contribution in [2.45, 2.75) is 6.92 Å². The Morgan fingerprint density at radius 2 is 2.19 bits per heavy atom. The lowest BCUT2D eigenvalue weighted by Gasteiger charge is -2.11. The average Bonchev–Trinajstić information content (AvgIpc) is 2.23. The molecule has 0 aliphatic carbocycles. The Kier molecular flexibility index (Phi) is 4.23. The van der Waals surface area contributed by atoms with Gasteiger partial charge in [0.1, 0.15) is 11.4 Å². The zero-order chi connectivity index (χ0) is 12.3. The van der Waals surface area contributed by atoms with Crippen LogP contribution in [-0.4, -0.2) is 19.6 Å². The minimum Gasteiger partial charge on any atom is -0.462 e. The van der Waals surface area contributed by atoms with Crippen LogP contribution in [-0.2, 0) is 4.74 Å². The molecule has 0 unspecified atom stereocenters. The van der Waals surface area contributed by atoms with Crippen LogP contribution in [0.1, 0.15) is 17.3 Å². The molecule has 1 aromatic carbocycles. The standard InChI is InChI=1S/C10H10BrF2NO2/c1-3-16-10(15)7-6(12)4-5(11)8(13)9(7)14-2/h4,14H,3H2,1-2H3. The van der Waals surface area contributed by atoms with Gasteiger partial charge in [-0.2, -0.15) is 0 Å². The molecule has 0 heterocycles. The first-order chi connectivity index (χ1) is 7.52. The van der Waals surface area contributed by atoms with Gasteiger partial charge in [0.25, 0.3) is 0 Å². The maximum Gasteiger partial charge on any atom is 0.343 e. The summed E-state index contributed by atoms with van der Waals surface area (Å²) >= 11 is 2.85. The second-order valence-electron chi connectivity index (χ2n) is 2.87. The summed E-state index contributed by atoms with van der Waals surface area (Å²) in [7, 11) is 1.40. The Morgan fingerprint density at radius 3 is 2.69 bits per heavy atom. The third-order valence-electron chi connectivity index (χ3n) is 1.90. The lowest BCUT2D eigenvalue weighted by molar-refractivity contribution is 0.0521. The molecule has 0 spiro atoms. The molecule has 0 saturated carbocycles. The monoisotopic (exact) mass is 293 g/mol. The number of carbonyl (C=O) groups excluding carboxylic acids is 1. The zero-order valence-electron chi connectivity index (χ0n) is 8.73. The fourth-order valence-corrected chi connectivity index (χ4v) is 1.63. The van der Waals surface area contributed by atoms with Gasteiger partial charge in [-0.25, -0.2) is 13.6 Å². The fourth-order valence-electron chi connectivity index (χ4n) is 1.23. The summed E-state index contributed by atoms with van der Waals surface area (Å²) in [5.74, 6) is -2.46. The largest absolute Gasteiger partial charge is 0.462 e. The van der Waals surface area contributed by atoms with Crippen LogP contribution in [0.4, 0.5) is 14.5 Å². The quantitative estimate of drug-likeness (QED) is 0.688. The van der Waals surface area contributed by atoms with Crippen LogP contribution >= 0.6 is 15.9 Å². The maximum absolute atomic E-state index is 13.6. The number of anilines is 1. The highest BCUT2D eigenvalue weighted by Gasteiger charge is 2.23. The number of benzene rings is 1. The third-order valence-corrected chi connectivity index (χ3v) is 2.48. The van der Waals surface area contributed by atoms with E-state index in [1.54, 1.807) is 6.92 Å². The Labute approximate surface area is 99.9 Å². The first-order valence-corrected chi connectivity index (χ1v) is 5.34. The highest BCUT2D eigenvalue weighted by Crippen LogP contribution is 2.29. The zero-order valence-corrected chi connectivity index (χ0v) is 10.3. The Morgan fingerprint density at radius 1 is 1.56 bits per heavy atom. The van der Waals surface area contributed by atoms with Crippen LogP contribution in [0.25, 0.3) is 0 Å². The van der Waals surface area contributed by atoms with E-state index in [0.717, 1.165) is 6.07 Å². The van der Waals surface area contributed by atoms with Crippen LogP contribution in [0.3, 0.4) is 0 Å². The van der Waals surface area contributed by atoms with Crippen LogP contribution < -0.4 is 5.32 Å². The molecule has 1 rings (SSSR count). The van der Waals surface area contributed by atoms with E-state index in [0.29, 0.717) is 0 Å². The number of hydrogen-bond acceptors (Lipinski definition) is 3. The molecule has 1 aromatic rings. The molecule has 0 atom stereocenters. The number of esters is 1. The second kappa shape index (κ2) is 5.25. The van der Waals surface area contributed by atoms with Crippen LogP contribution in [0, 0.1) is 11.6 Å². The molecule has 0 radical (unpaired) electrons. The van der Waals surface area contributed by atoms with Crippen molar-refractivity contribution in [3.63, 3.8) is 0 Å². The molecule has 6 heteroatoms. The van der Waals surface area contributed by atoms with Crippen molar-refractivity contribution < 1.29 is 18.3 Å². The summed E-state index contributed by atoms with van der Waals surface area (Å²) in [5.41, 5.74) is -0.643. The minimum absolute atomic E-state index is 0.0533. The molecule has 0 saturated heterocycles. The lowest BCUT2D eigenvalue weighted by Crippen LogP contribution is -2.12. The SMILES string of the molecule is CCOC(=O)c1c(F)cc(Br)c(F)c1NC. The Balaban J connectivity index is 3.36. The van der Waals surface area contributed by atoms with Gasteiger partial charge in [0.15, 0.2) is 5.82 Å². The molecule has 0 amide bonds. The van der Waals surface area contributed by atoms with E-state index in [9.17, 15) is 13.6 Å². The topological polar surface area (TPSA) is 38.3 Å². The predicted octanol–water partition coefficient (Wildman–Crippen LogP) is 2.95. The molecular formula is C10H10BrF2NO2. The van der Waals surface area contributed by atoms with Gasteiger partial charge in [0.05, 0.1) is 16.8 Å². The predicted molar refractivity (Wildman–Crippen MR) is 59.6 cm³/mol. The van der Waals surface area contributed by atoms with E-state index >= 15 is 0 Å². The van der Waals surface area contributed by atoms with Gasteiger partial charge in [-0.3, -0.25) is 0 Å². The molecule has 0 fully saturated rings. The van der Waals surface area contributed by atoms with E-state index < -0.39 is 23.2 Å². The fraction of sp³-hybridized carbons (Fsp3) is 0.300. The Bertz CT molecular complexity index is 424. The molecule has 0 aromatic heterocycles. The maximum atomic E-state index is 13.6. The van der Waals surface area contributed by atoms with Crippen molar-refractivity contribution in [1.29, 1.82) is 0 Å². The van der Waals surface area contributed by atoms with Crippen LogP contribution in [0.5, 0.6) is 0 Å². The number of ether oxygens (including phenoxy) is 1. The van der Waals surface area contributed by atoms with Gasteiger partial charge >= 0.3 is 5.97 Å². The van der Waals surface area contributed by atoms with E-state index in [1.807, 2.05) is 0 Å². The molecule has 0 bridgehead atoms. The molecule has 16 heavy (non-hydrogen) atoms. The van der Waals surface area contributed by atoms with E-state index in [-0.39, 0.29) is 16.8 Å². The molecule has 0 aliphatic heterocycles. The molecule has 0 aliphatic rings. The number of nitrogens with one attached hydrogen (secondary N) is 1. The van der Waals surface area contributed by atoms with Gasteiger partial charge in [-0.05, 0) is 28.9 Å². The summed E-state index contributed by atoms with van der Waals surface area (Å²) in [4.78, 5) is 11.4. The van der Waals surface area contributed by atoms with Gasteiger partial charge in [-0.15, -0.1) is 0 Å². The summed E-state index contributed by atoms with van der Waals surface area (Å²) in [6.45, 7) is 1.68. The van der Waals surface area contributed by atoms with E-state index in [4.69, 9.17) is 0 Å². The highest BCUT2D eigenvalue weighted by molar-refractivity contribution is 9.10. The van der Waals surface area contributed by atoms with E-state index in [2.05, 4.69) is 26.0 Å². The van der Waals surface area contributed by atoms with Gasteiger partial charge < -0.3 is 10.1 Å². The number of rotatable bonds is 3. The molecule has 1 N–H and O–H groups in total. The summed E-state index contributed by atoms with van der Waals surface area (Å²) in [6, 6.07) is 0.891. The van der Waals surface area contributed by atoms with Crippen LogP contribution in [0.2, 0.25) is 0 Å². The Hall–Kier alpha value is -1.17. The van der Waals surface area contributed by atoms with Gasteiger partial charge in [0, 0.05) is 7.05 Å². The van der Waals surface area contributed by atoms with Crippen LogP contribution in [0.15, 0.2) is 10.5 Å². The minimum atomic E-state index is -0.893. The van der Waals surface area contributed by atoms with Gasteiger partial charge in [0.2, 0.25) is 0 Å². The normalized spacial score (nSPS) is 10.1. The first-order valence-electron chi connectivity index (χ1n) is 4.55. The van der Waals surface area contributed by atoms with Crippen molar-refractivity contribution in [2.75, 3.05) is 19.0 Å². The average molecular weight is 294 g/mol. The number of carbonyl (C=O) groups is 1. The van der Waals surface area contributed by atoms with Crippen molar-refractivity contribution >= 4 is 27.6 Å². The second-order valence-corrected chi connectivity index (χ2v) is 3.73. The summed E-state index contributed by atoms with van der Waals surface area (Å²) < 4.78 is 31.7. The highest BCUT2D eigenvalue weighted by atomic mass is 79.9. The van der Waals surface area contributed by atoms with Crippen molar-refractivity contribution in [1.82, 2.24) is 0 Å². The number of halogens is 3. The third kappa shape index (κ3) is 2.32. The van der Waals surface area contributed by atoms with Crippen molar-refractivity contribution in [3.05, 3.63) is 27.7 Å².